The van der Waals surface area contributed by atoms with Crippen LogP contribution in [-0.2, 0) is 28.6 Å². The van der Waals surface area contributed by atoms with Gasteiger partial charge in [-0.05, 0) is 6.92 Å². The van der Waals surface area contributed by atoms with Gasteiger partial charge in [-0.2, -0.15) is 0 Å². The van der Waals surface area contributed by atoms with E-state index in [1.54, 1.807) is 0 Å². The Bertz CT molecular complexity index is 286. The van der Waals surface area contributed by atoms with E-state index in [2.05, 4.69) is 0 Å². The molecule has 0 aromatic carbocycles. The number of carbonyl (C=O) groups excluding carboxylic acids is 3. The average Bonchev–Trinajstić information content (AvgIpc) is 2.46. The van der Waals surface area contributed by atoms with Crippen LogP contribution in [0.15, 0.2) is 0 Å². The molecule has 6 nitrogen and oxygen atoms in total. The molecule has 0 spiro atoms. The summed E-state index contributed by atoms with van der Waals surface area (Å²) in [6.45, 7) is 3.83. The van der Waals surface area contributed by atoms with Crippen LogP contribution in [0.25, 0.3) is 0 Å². The molecule has 0 unspecified atom stereocenters. The molecule has 1 rings (SSSR count). The highest BCUT2D eigenvalue weighted by atomic mass is 16.7. The summed E-state index contributed by atoms with van der Waals surface area (Å²) in [6, 6.07) is 0. The molecule has 0 aromatic rings. The van der Waals surface area contributed by atoms with Crippen LogP contribution in [0.1, 0.15) is 27.2 Å². The molecule has 0 amide bonds. The van der Waals surface area contributed by atoms with Crippen molar-refractivity contribution in [1.82, 2.24) is 0 Å². The highest BCUT2D eigenvalue weighted by molar-refractivity contribution is 5.81. The number of esters is 2. The Balaban J connectivity index is 2.66. The van der Waals surface area contributed by atoms with Gasteiger partial charge in [0.15, 0.2) is 11.9 Å². The van der Waals surface area contributed by atoms with Crippen molar-refractivity contribution in [2.75, 3.05) is 0 Å². The summed E-state index contributed by atoms with van der Waals surface area (Å²) in [7, 11) is 0. The molecule has 0 saturated carbocycles. The zero-order valence-electron chi connectivity index (χ0n) is 9.39. The molecule has 1 heterocycles. The minimum absolute atomic E-state index is 0.188. The van der Waals surface area contributed by atoms with Gasteiger partial charge in [0.2, 0.25) is 6.29 Å². The SMILES string of the molecule is CC(=O)O[C@@H]1O[C@H](C(C)=O)C[C@H]1OC(C)=O. The summed E-state index contributed by atoms with van der Waals surface area (Å²) in [5.41, 5.74) is 0. The summed E-state index contributed by atoms with van der Waals surface area (Å²) in [5, 5.41) is 0. The maximum Gasteiger partial charge on any atom is 0.305 e. The Morgan fingerprint density at radius 2 is 1.62 bits per heavy atom. The maximum absolute atomic E-state index is 11.1. The first kappa shape index (κ1) is 12.6. The molecule has 0 aromatic heterocycles. The van der Waals surface area contributed by atoms with Crippen LogP contribution in [0, 0.1) is 0 Å². The molecule has 1 fully saturated rings. The van der Waals surface area contributed by atoms with Gasteiger partial charge in [0, 0.05) is 20.3 Å². The van der Waals surface area contributed by atoms with Crippen molar-refractivity contribution < 1.29 is 28.6 Å². The second-order valence-corrected chi connectivity index (χ2v) is 3.60. The molecule has 6 heteroatoms. The standard InChI is InChI=1S/C10H14O6/c1-5(11)8-4-9(14-6(2)12)10(16-8)15-7(3)13/h8-10H,4H2,1-3H3/t8-,9+,10+/m0/s1. The third-order valence-corrected chi connectivity index (χ3v) is 2.10. The third kappa shape index (κ3) is 3.30. The van der Waals surface area contributed by atoms with Crippen LogP contribution in [0.3, 0.4) is 0 Å². The van der Waals surface area contributed by atoms with Gasteiger partial charge in [-0.15, -0.1) is 0 Å². The van der Waals surface area contributed by atoms with Crippen LogP contribution in [0.4, 0.5) is 0 Å². The lowest BCUT2D eigenvalue weighted by atomic mass is 10.1. The monoisotopic (exact) mass is 230 g/mol. The first-order valence-corrected chi connectivity index (χ1v) is 4.90. The predicted octanol–water partition coefficient (Wildman–Crippen LogP) is 0.185. The molecule has 1 saturated heterocycles. The summed E-state index contributed by atoms with van der Waals surface area (Å²) < 4.78 is 14.9. The molecule has 0 bridgehead atoms. The highest BCUT2D eigenvalue weighted by Gasteiger charge is 2.41. The fourth-order valence-corrected chi connectivity index (χ4v) is 1.47. The fraction of sp³-hybridized carbons (Fsp3) is 0.700. The minimum Gasteiger partial charge on any atom is -0.456 e. The number of carbonyl (C=O) groups is 3. The summed E-state index contributed by atoms with van der Waals surface area (Å²) in [4.78, 5) is 32.7. The van der Waals surface area contributed by atoms with E-state index in [4.69, 9.17) is 14.2 Å². The van der Waals surface area contributed by atoms with Crippen LogP contribution < -0.4 is 0 Å². The Hall–Kier alpha value is -1.43. The topological polar surface area (TPSA) is 78.9 Å². The highest BCUT2D eigenvalue weighted by Crippen LogP contribution is 2.25. The van der Waals surface area contributed by atoms with E-state index in [0.717, 1.165) is 0 Å². The first-order chi connectivity index (χ1) is 7.40. The lowest BCUT2D eigenvalue weighted by Crippen LogP contribution is -2.30. The van der Waals surface area contributed by atoms with Crippen molar-refractivity contribution in [3.05, 3.63) is 0 Å². The van der Waals surface area contributed by atoms with Gasteiger partial charge >= 0.3 is 11.9 Å². The van der Waals surface area contributed by atoms with Crippen molar-refractivity contribution in [2.45, 2.75) is 45.7 Å². The maximum atomic E-state index is 11.1. The normalized spacial score (nSPS) is 28.6. The molecule has 0 radical (unpaired) electrons. The summed E-state index contributed by atoms with van der Waals surface area (Å²) in [5.74, 6) is -1.24. The van der Waals surface area contributed by atoms with Gasteiger partial charge in [-0.3, -0.25) is 14.4 Å². The zero-order valence-corrected chi connectivity index (χ0v) is 9.39. The van der Waals surface area contributed by atoms with E-state index in [1.807, 2.05) is 0 Å². The van der Waals surface area contributed by atoms with Gasteiger partial charge in [0.1, 0.15) is 6.10 Å². The van der Waals surface area contributed by atoms with E-state index in [-0.39, 0.29) is 12.2 Å². The van der Waals surface area contributed by atoms with Crippen molar-refractivity contribution in [1.29, 1.82) is 0 Å². The van der Waals surface area contributed by atoms with E-state index in [0.29, 0.717) is 0 Å². The predicted molar refractivity (Wildman–Crippen MR) is 51.3 cm³/mol. The largest absolute Gasteiger partial charge is 0.456 e. The van der Waals surface area contributed by atoms with Gasteiger partial charge in [0.05, 0.1) is 0 Å². The molecule has 0 aliphatic carbocycles. The number of rotatable bonds is 3. The fourth-order valence-electron chi connectivity index (χ4n) is 1.47. The molecule has 1 aliphatic heterocycles. The van der Waals surface area contributed by atoms with Gasteiger partial charge in [-0.25, -0.2) is 0 Å². The minimum atomic E-state index is -0.990. The van der Waals surface area contributed by atoms with Crippen molar-refractivity contribution in [3.63, 3.8) is 0 Å². The Labute approximate surface area is 92.8 Å². The number of ether oxygens (including phenoxy) is 3. The third-order valence-electron chi connectivity index (χ3n) is 2.10. The van der Waals surface area contributed by atoms with Gasteiger partial charge in [-0.1, -0.05) is 0 Å². The molecule has 0 N–H and O–H groups in total. The van der Waals surface area contributed by atoms with E-state index >= 15 is 0 Å². The van der Waals surface area contributed by atoms with Crippen LogP contribution in [0.2, 0.25) is 0 Å². The quantitative estimate of drug-likeness (QED) is 0.644. The number of ketones is 1. The Kier molecular flexibility index (Phi) is 4.00. The van der Waals surface area contributed by atoms with Crippen molar-refractivity contribution in [3.8, 4) is 0 Å². The Morgan fingerprint density at radius 3 is 2.06 bits per heavy atom. The van der Waals surface area contributed by atoms with E-state index < -0.39 is 30.4 Å². The Morgan fingerprint density at radius 1 is 1.06 bits per heavy atom. The molecular formula is C10H14O6. The van der Waals surface area contributed by atoms with Crippen molar-refractivity contribution in [2.24, 2.45) is 0 Å². The molecule has 1 aliphatic rings. The van der Waals surface area contributed by atoms with Crippen molar-refractivity contribution >= 4 is 17.7 Å². The average molecular weight is 230 g/mol. The first-order valence-electron chi connectivity index (χ1n) is 4.90. The lowest BCUT2D eigenvalue weighted by Gasteiger charge is -2.17. The van der Waals surface area contributed by atoms with Crippen LogP contribution in [0.5, 0.6) is 0 Å². The smallest absolute Gasteiger partial charge is 0.305 e. The second kappa shape index (κ2) is 5.07. The van der Waals surface area contributed by atoms with E-state index in [1.165, 1.54) is 20.8 Å². The molecule has 3 atom stereocenters. The van der Waals surface area contributed by atoms with Gasteiger partial charge < -0.3 is 14.2 Å². The van der Waals surface area contributed by atoms with Crippen LogP contribution >= 0.6 is 0 Å². The zero-order chi connectivity index (χ0) is 12.3. The second-order valence-electron chi connectivity index (χ2n) is 3.60. The van der Waals surface area contributed by atoms with Crippen LogP contribution in [-0.4, -0.2) is 36.2 Å². The molecule has 90 valence electrons. The number of hydrogen-bond acceptors (Lipinski definition) is 6. The molecule has 16 heavy (non-hydrogen) atoms. The van der Waals surface area contributed by atoms with Gasteiger partial charge in [0.25, 0.3) is 0 Å². The van der Waals surface area contributed by atoms with E-state index in [9.17, 15) is 14.4 Å². The number of hydrogen-bond donors (Lipinski definition) is 0. The molecular weight excluding hydrogens is 216 g/mol. The summed E-state index contributed by atoms with van der Waals surface area (Å²) in [6.07, 6.45) is -2.17. The lowest BCUT2D eigenvalue weighted by molar-refractivity contribution is -0.194. The summed E-state index contributed by atoms with van der Waals surface area (Å²) >= 11 is 0. The number of Topliss-reactive ketones (excluding diaryl/α,β-unsaturated/α-hetero) is 1.